The summed E-state index contributed by atoms with van der Waals surface area (Å²) in [5.41, 5.74) is -0.515. The molecule has 1 atom stereocenters. The lowest BCUT2D eigenvalue weighted by atomic mass is 9.93. The predicted octanol–water partition coefficient (Wildman–Crippen LogP) is 4.15. The van der Waals surface area contributed by atoms with Gasteiger partial charge >= 0.3 is 12.4 Å². The van der Waals surface area contributed by atoms with E-state index >= 15 is 0 Å². The molecule has 0 fully saturated rings. The molecule has 0 aromatic heterocycles. The highest BCUT2D eigenvalue weighted by Crippen LogP contribution is 2.35. The standard InChI is InChI=1S/C18H18F6N6O/c19-17(20,21)9-3-1-5-11(7-9)26-15-16(29-14(30-31)13(25)28-15)27-12-6-2-4-10(8-12)18(22,23)24/h6-9,31H,1-5H2,(H2,25,26,28)(H,27,29,30). The molecule has 1 heterocycles. The van der Waals surface area contributed by atoms with Crippen molar-refractivity contribution in [3.63, 3.8) is 0 Å². The van der Waals surface area contributed by atoms with Crippen LogP contribution in [0.15, 0.2) is 50.3 Å². The van der Waals surface area contributed by atoms with Crippen LogP contribution >= 0.6 is 0 Å². The summed E-state index contributed by atoms with van der Waals surface area (Å²) >= 11 is 0. The third-order valence-electron chi connectivity index (χ3n) is 4.77. The molecule has 168 valence electrons. The largest absolute Gasteiger partial charge is 0.412 e. The zero-order chi connectivity index (χ0) is 22.8. The zero-order valence-corrected chi connectivity index (χ0v) is 15.9. The molecular formula is C18H18F6N6O. The van der Waals surface area contributed by atoms with Gasteiger partial charge in [-0.15, -0.1) is 0 Å². The fourth-order valence-electron chi connectivity index (χ4n) is 3.26. The van der Waals surface area contributed by atoms with E-state index in [1.54, 1.807) is 0 Å². The number of hydrogen-bond donors (Lipinski definition) is 4. The Bertz CT molecular complexity index is 938. The molecule has 3 aliphatic rings. The zero-order valence-electron chi connectivity index (χ0n) is 15.9. The Balaban J connectivity index is 1.86. The monoisotopic (exact) mass is 448 g/mol. The minimum absolute atomic E-state index is 0.0448. The lowest BCUT2D eigenvalue weighted by molar-refractivity contribution is -0.164. The van der Waals surface area contributed by atoms with Crippen molar-refractivity contribution in [1.82, 2.24) is 10.6 Å². The second-order valence-electron chi connectivity index (χ2n) is 7.04. The predicted molar refractivity (Wildman–Crippen MR) is 101 cm³/mol. The molecule has 0 saturated heterocycles. The van der Waals surface area contributed by atoms with E-state index in [4.69, 9.17) is 10.6 Å². The van der Waals surface area contributed by atoms with E-state index in [2.05, 4.69) is 25.8 Å². The summed E-state index contributed by atoms with van der Waals surface area (Å²) in [6.45, 7) is 0. The van der Waals surface area contributed by atoms with E-state index < -0.39 is 35.5 Å². The lowest BCUT2D eigenvalue weighted by Crippen LogP contribution is -2.44. The first-order valence-electron chi connectivity index (χ1n) is 9.25. The fraction of sp³-hybridized carbons (Fsp3) is 0.444. The second-order valence-corrected chi connectivity index (χ2v) is 7.04. The number of oxime groups is 1. The maximum absolute atomic E-state index is 13.0. The highest BCUT2D eigenvalue weighted by atomic mass is 19.4. The number of hydrogen-bond acceptors (Lipinski definition) is 5. The average molecular weight is 448 g/mol. The van der Waals surface area contributed by atoms with E-state index in [1.165, 1.54) is 6.08 Å². The summed E-state index contributed by atoms with van der Waals surface area (Å²) in [7, 11) is 0. The molecule has 4 N–H and O–H groups in total. The topological polar surface area (TPSA) is 105 Å². The molecule has 0 bridgehead atoms. The van der Waals surface area contributed by atoms with Gasteiger partial charge < -0.3 is 15.8 Å². The molecule has 31 heavy (non-hydrogen) atoms. The van der Waals surface area contributed by atoms with Gasteiger partial charge in [-0.2, -0.15) is 26.3 Å². The Morgan fingerprint density at radius 3 is 2.42 bits per heavy atom. The van der Waals surface area contributed by atoms with E-state index in [9.17, 15) is 26.3 Å². The van der Waals surface area contributed by atoms with Gasteiger partial charge in [0.25, 0.3) is 0 Å². The molecule has 2 aliphatic carbocycles. The van der Waals surface area contributed by atoms with Crippen molar-refractivity contribution in [2.45, 2.75) is 44.5 Å². The number of allylic oxidation sites excluding steroid dienone is 5. The third kappa shape index (κ3) is 5.52. The summed E-state index contributed by atoms with van der Waals surface area (Å²) in [6, 6.07) is 0. The van der Waals surface area contributed by atoms with Crippen LogP contribution in [0.3, 0.4) is 0 Å². The number of amidine groups is 4. The van der Waals surface area contributed by atoms with Crippen LogP contribution in [-0.2, 0) is 0 Å². The van der Waals surface area contributed by atoms with Gasteiger partial charge in [-0.25, -0.2) is 9.98 Å². The number of halogens is 6. The van der Waals surface area contributed by atoms with E-state index in [-0.39, 0.29) is 55.2 Å². The Morgan fingerprint density at radius 1 is 1.06 bits per heavy atom. The van der Waals surface area contributed by atoms with Crippen molar-refractivity contribution in [3.05, 3.63) is 35.2 Å². The molecule has 1 aliphatic heterocycles. The molecular weight excluding hydrogens is 430 g/mol. The van der Waals surface area contributed by atoms with E-state index in [1.807, 2.05) is 0 Å². The van der Waals surface area contributed by atoms with Crippen molar-refractivity contribution in [3.8, 4) is 0 Å². The second kappa shape index (κ2) is 8.55. The van der Waals surface area contributed by atoms with Gasteiger partial charge in [-0.1, -0.05) is 17.3 Å². The highest BCUT2D eigenvalue weighted by Gasteiger charge is 2.39. The maximum atomic E-state index is 13.0. The summed E-state index contributed by atoms with van der Waals surface area (Å²) in [4.78, 5) is 7.71. The van der Waals surface area contributed by atoms with Crippen LogP contribution in [0.4, 0.5) is 26.3 Å². The van der Waals surface area contributed by atoms with Crippen LogP contribution in [0.5, 0.6) is 0 Å². The minimum Gasteiger partial charge on any atom is -0.409 e. The van der Waals surface area contributed by atoms with Gasteiger partial charge in [0.15, 0.2) is 17.5 Å². The molecule has 0 amide bonds. The lowest BCUT2D eigenvalue weighted by Gasteiger charge is -2.26. The van der Waals surface area contributed by atoms with Crippen molar-refractivity contribution in [2.24, 2.45) is 21.1 Å². The fourth-order valence-corrected chi connectivity index (χ4v) is 3.26. The van der Waals surface area contributed by atoms with Gasteiger partial charge in [0, 0.05) is 17.0 Å². The molecule has 7 nitrogen and oxygen atoms in total. The first-order chi connectivity index (χ1) is 14.5. The molecule has 0 saturated carbocycles. The first kappa shape index (κ1) is 22.6. The molecule has 3 rings (SSSR count). The van der Waals surface area contributed by atoms with Crippen LogP contribution in [0, 0.1) is 11.3 Å². The molecule has 0 aromatic rings. The quantitative estimate of drug-likeness (QED) is 0.290. The van der Waals surface area contributed by atoms with Crippen LogP contribution in [0.25, 0.3) is 0 Å². The summed E-state index contributed by atoms with van der Waals surface area (Å²) in [5, 5.41) is 24.8. The Kier molecular flexibility index (Phi) is 6.23. The average Bonchev–Trinajstić information content (AvgIpc) is 2.69. The van der Waals surface area contributed by atoms with Gasteiger partial charge in [-0.05, 0) is 38.2 Å². The minimum atomic E-state index is -4.51. The van der Waals surface area contributed by atoms with Crippen LogP contribution in [0.1, 0.15) is 32.1 Å². The molecule has 13 heteroatoms. The number of nitrogens with zero attached hydrogens (tertiary/aromatic N) is 3. The van der Waals surface area contributed by atoms with Crippen LogP contribution in [-0.4, -0.2) is 40.9 Å². The molecule has 0 spiro atoms. The van der Waals surface area contributed by atoms with Crippen LogP contribution in [0.2, 0.25) is 0 Å². The van der Waals surface area contributed by atoms with Crippen molar-refractivity contribution in [2.75, 3.05) is 0 Å². The third-order valence-corrected chi connectivity index (χ3v) is 4.77. The van der Waals surface area contributed by atoms with Gasteiger partial charge in [0.1, 0.15) is 0 Å². The number of aliphatic imine (C=N–C) groups is 2. The maximum Gasteiger partial charge on any atom is 0.412 e. The van der Waals surface area contributed by atoms with Gasteiger partial charge in [-0.3, -0.25) is 5.41 Å². The normalized spacial score (nSPS) is 24.1. The molecule has 0 aromatic carbocycles. The smallest absolute Gasteiger partial charge is 0.409 e. The van der Waals surface area contributed by atoms with Crippen LogP contribution < -0.4 is 10.6 Å². The summed E-state index contributed by atoms with van der Waals surface area (Å²) in [6.07, 6.45) is -5.12. The first-order valence-corrected chi connectivity index (χ1v) is 9.25. The van der Waals surface area contributed by atoms with Gasteiger partial charge in [0.05, 0.1) is 5.92 Å². The Morgan fingerprint density at radius 2 is 1.77 bits per heavy atom. The molecule has 0 radical (unpaired) electrons. The highest BCUT2D eigenvalue weighted by molar-refractivity contribution is 6.55. The number of nitrogens with one attached hydrogen (secondary N) is 3. The van der Waals surface area contributed by atoms with Crippen molar-refractivity contribution < 1.29 is 31.5 Å². The van der Waals surface area contributed by atoms with Gasteiger partial charge in [0.2, 0.25) is 5.84 Å². The van der Waals surface area contributed by atoms with Crippen molar-refractivity contribution in [1.29, 1.82) is 5.41 Å². The summed E-state index contributed by atoms with van der Waals surface area (Å²) in [5.74, 6) is -3.07. The Hall–Kier alpha value is -3.12. The Labute approximate surface area is 172 Å². The summed E-state index contributed by atoms with van der Waals surface area (Å²) < 4.78 is 78.2. The molecule has 1 unspecified atom stereocenters. The number of rotatable bonds is 2. The van der Waals surface area contributed by atoms with E-state index in [0.717, 1.165) is 12.2 Å². The number of alkyl halides is 6. The van der Waals surface area contributed by atoms with E-state index in [0.29, 0.717) is 0 Å². The van der Waals surface area contributed by atoms with Crippen molar-refractivity contribution >= 4 is 23.3 Å². The SMILES string of the molecule is N=C1N=C(NC2=CC(C(F)(F)F)CCC2)C(NC2=CCCC(C(F)(F)F)=C2)=N/C1=N/O.